The number of hydrogen-bond donors (Lipinski definition) is 2. The van der Waals surface area contributed by atoms with E-state index in [1.807, 2.05) is 12.1 Å². The predicted octanol–water partition coefficient (Wildman–Crippen LogP) is 2.24. The Hall–Kier alpha value is -1.44. The minimum atomic E-state index is -3.62. The second kappa shape index (κ2) is 7.89. The summed E-state index contributed by atoms with van der Waals surface area (Å²) in [5.74, 6) is -0.0410. The van der Waals surface area contributed by atoms with E-state index in [0.29, 0.717) is 13.1 Å². The zero-order valence-corrected chi connectivity index (χ0v) is 17.9. The first-order valence-corrected chi connectivity index (χ1v) is 10.9. The first kappa shape index (κ1) is 21.9. The van der Waals surface area contributed by atoms with Crippen LogP contribution in [0, 0.1) is 5.41 Å². The minimum absolute atomic E-state index is 0.0348. The Morgan fingerprint density at radius 3 is 2.37 bits per heavy atom. The van der Waals surface area contributed by atoms with Gasteiger partial charge in [0, 0.05) is 32.1 Å². The maximum atomic E-state index is 12.4. The minimum Gasteiger partial charge on any atom is -0.342 e. The van der Waals surface area contributed by atoms with E-state index in [0.717, 1.165) is 12.0 Å². The molecule has 1 aromatic rings. The average Bonchev–Trinajstić information content (AvgIpc) is 2.56. The topological polar surface area (TPSA) is 92.5 Å². The Morgan fingerprint density at radius 1 is 1.26 bits per heavy atom. The van der Waals surface area contributed by atoms with Gasteiger partial charge in [-0.1, -0.05) is 46.8 Å². The summed E-state index contributed by atoms with van der Waals surface area (Å²) >= 11 is 0. The third-order valence-electron chi connectivity index (χ3n) is 5.33. The van der Waals surface area contributed by atoms with Crippen LogP contribution < -0.4 is 10.5 Å². The molecule has 3 N–H and O–H groups in total. The molecule has 1 fully saturated rings. The smallest absolute Gasteiger partial charge is 0.240 e. The van der Waals surface area contributed by atoms with Crippen molar-refractivity contribution in [3.63, 3.8) is 0 Å². The third-order valence-corrected chi connectivity index (χ3v) is 6.80. The van der Waals surface area contributed by atoms with Crippen LogP contribution in [-0.2, 0) is 20.2 Å². The Bertz CT molecular complexity index is 765. The van der Waals surface area contributed by atoms with Crippen molar-refractivity contribution in [1.29, 1.82) is 0 Å². The van der Waals surface area contributed by atoms with Crippen molar-refractivity contribution in [3.05, 3.63) is 29.8 Å². The molecule has 0 aliphatic carbocycles. The standard InChI is InChI=1S/C20H33N3O3S/c1-19(2,3)15-6-8-16(9-7-15)27(25,26)22-12-10-18(24)23-13-11-17(21)20(4,5)14-23/h6-9,17,22H,10-14,21H2,1-5H3. The molecule has 1 unspecified atom stereocenters. The lowest BCUT2D eigenvalue weighted by Gasteiger charge is -2.42. The molecule has 152 valence electrons. The molecular formula is C20H33N3O3S. The molecule has 1 amide bonds. The molecule has 27 heavy (non-hydrogen) atoms. The number of nitrogens with one attached hydrogen (secondary N) is 1. The van der Waals surface area contributed by atoms with E-state index in [4.69, 9.17) is 5.73 Å². The van der Waals surface area contributed by atoms with Crippen molar-refractivity contribution in [1.82, 2.24) is 9.62 Å². The number of piperidine rings is 1. The summed E-state index contributed by atoms with van der Waals surface area (Å²) in [4.78, 5) is 14.4. The lowest BCUT2D eigenvalue weighted by Crippen LogP contribution is -2.54. The van der Waals surface area contributed by atoms with Crippen molar-refractivity contribution < 1.29 is 13.2 Å². The van der Waals surface area contributed by atoms with Crippen molar-refractivity contribution in [2.45, 2.75) is 63.8 Å². The van der Waals surface area contributed by atoms with Gasteiger partial charge in [0.25, 0.3) is 0 Å². The van der Waals surface area contributed by atoms with Crippen LogP contribution in [-0.4, -0.2) is 44.9 Å². The molecule has 0 bridgehead atoms. The van der Waals surface area contributed by atoms with E-state index in [9.17, 15) is 13.2 Å². The van der Waals surface area contributed by atoms with Crippen molar-refractivity contribution >= 4 is 15.9 Å². The molecule has 1 heterocycles. The maximum absolute atomic E-state index is 12.4. The number of amides is 1. The van der Waals surface area contributed by atoms with E-state index in [2.05, 4.69) is 39.3 Å². The van der Waals surface area contributed by atoms with Gasteiger partial charge in [-0.25, -0.2) is 13.1 Å². The molecule has 0 spiro atoms. The fourth-order valence-corrected chi connectivity index (χ4v) is 4.29. The van der Waals surface area contributed by atoms with E-state index in [-0.39, 0.29) is 40.6 Å². The third kappa shape index (κ3) is 5.53. The van der Waals surface area contributed by atoms with Gasteiger partial charge in [-0.15, -0.1) is 0 Å². The number of nitrogens with two attached hydrogens (primary N) is 1. The Labute approximate surface area is 163 Å². The number of nitrogens with zero attached hydrogens (tertiary/aromatic N) is 1. The van der Waals surface area contributed by atoms with Crippen LogP contribution in [0.15, 0.2) is 29.2 Å². The average molecular weight is 396 g/mol. The molecular weight excluding hydrogens is 362 g/mol. The van der Waals surface area contributed by atoms with Gasteiger partial charge in [0.05, 0.1) is 4.90 Å². The summed E-state index contributed by atoms with van der Waals surface area (Å²) in [6.07, 6.45) is 0.912. The number of carbonyl (C=O) groups excluding carboxylic acids is 1. The summed E-state index contributed by atoms with van der Waals surface area (Å²) in [5, 5.41) is 0. The van der Waals surface area contributed by atoms with Crippen LogP contribution in [0.2, 0.25) is 0 Å². The van der Waals surface area contributed by atoms with E-state index < -0.39 is 10.0 Å². The number of sulfonamides is 1. The van der Waals surface area contributed by atoms with E-state index in [1.165, 1.54) is 0 Å². The Kier molecular flexibility index (Phi) is 6.39. The first-order valence-electron chi connectivity index (χ1n) is 9.46. The normalized spacial score (nSPS) is 20.5. The van der Waals surface area contributed by atoms with Gasteiger partial charge in [0.1, 0.15) is 0 Å². The molecule has 1 aliphatic heterocycles. The number of likely N-dealkylation sites (tertiary alicyclic amines) is 1. The van der Waals surface area contributed by atoms with E-state index >= 15 is 0 Å². The van der Waals surface area contributed by atoms with Gasteiger partial charge in [-0.3, -0.25) is 4.79 Å². The zero-order chi connectivity index (χ0) is 20.5. The Balaban J connectivity index is 1.91. The highest BCUT2D eigenvalue weighted by Gasteiger charge is 2.35. The lowest BCUT2D eigenvalue weighted by atomic mass is 9.79. The highest BCUT2D eigenvalue weighted by atomic mass is 32.2. The van der Waals surface area contributed by atoms with Crippen LogP contribution >= 0.6 is 0 Å². The van der Waals surface area contributed by atoms with E-state index in [1.54, 1.807) is 17.0 Å². The summed E-state index contributed by atoms with van der Waals surface area (Å²) in [7, 11) is -3.62. The van der Waals surface area contributed by atoms with Crippen LogP contribution in [0.1, 0.15) is 53.0 Å². The molecule has 1 aliphatic rings. The molecule has 0 aromatic heterocycles. The van der Waals surface area contributed by atoms with Crippen LogP contribution in [0.4, 0.5) is 0 Å². The molecule has 2 rings (SSSR count). The summed E-state index contributed by atoms with van der Waals surface area (Å²) < 4.78 is 27.4. The van der Waals surface area contributed by atoms with Gasteiger partial charge in [-0.05, 0) is 34.9 Å². The quantitative estimate of drug-likeness (QED) is 0.800. The van der Waals surface area contributed by atoms with Crippen molar-refractivity contribution in [3.8, 4) is 0 Å². The number of carbonyl (C=O) groups is 1. The van der Waals surface area contributed by atoms with Crippen molar-refractivity contribution in [2.75, 3.05) is 19.6 Å². The number of benzene rings is 1. The van der Waals surface area contributed by atoms with Crippen LogP contribution in [0.3, 0.4) is 0 Å². The Morgan fingerprint density at radius 2 is 1.85 bits per heavy atom. The van der Waals surface area contributed by atoms with Crippen LogP contribution in [0.5, 0.6) is 0 Å². The number of hydrogen-bond acceptors (Lipinski definition) is 4. The first-order chi connectivity index (χ1) is 12.3. The fourth-order valence-electron chi connectivity index (χ4n) is 3.25. The molecule has 6 nitrogen and oxygen atoms in total. The monoisotopic (exact) mass is 395 g/mol. The number of rotatable bonds is 5. The summed E-state index contributed by atoms with van der Waals surface area (Å²) in [6.45, 7) is 11.7. The van der Waals surface area contributed by atoms with Gasteiger partial charge >= 0.3 is 0 Å². The molecule has 1 atom stereocenters. The SMILES string of the molecule is CC(C)(C)c1ccc(S(=O)(=O)NCCC(=O)N2CCC(N)C(C)(C)C2)cc1. The van der Waals surface area contributed by atoms with Crippen LogP contribution in [0.25, 0.3) is 0 Å². The van der Waals surface area contributed by atoms with Gasteiger partial charge in [0.2, 0.25) is 15.9 Å². The van der Waals surface area contributed by atoms with Crippen molar-refractivity contribution in [2.24, 2.45) is 11.1 Å². The fraction of sp³-hybridized carbons (Fsp3) is 0.650. The lowest BCUT2D eigenvalue weighted by molar-refractivity contribution is -0.134. The molecule has 7 heteroatoms. The molecule has 1 saturated heterocycles. The zero-order valence-electron chi connectivity index (χ0n) is 17.1. The summed E-state index contributed by atoms with van der Waals surface area (Å²) in [6, 6.07) is 6.96. The molecule has 0 radical (unpaired) electrons. The van der Waals surface area contributed by atoms with Gasteiger partial charge < -0.3 is 10.6 Å². The largest absolute Gasteiger partial charge is 0.342 e. The second-order valence-corrected chi connectivity index (χ2v) is 10.9. The maximum Gasteiger partial charge on any atom is 0.240 e. The van der Waals surface area contributed by atoms with Gasteiger partial charge in [-0.2, -0.15) is 0 Å². The highest BCUT2D eigenvalue weighted by molar-refractivity contribution is 7.89. The predicted molar refractivity (Wildman–Crippen MR) is 108 cm³/mol. The van der Waals surface area contributed by atoms with Gasteiger partial charge in [0.15, 0.2) is 0 Å². The summed E-state index contributed by atoms with van der Waals surface area (Å²) in [5.41, 5.74) is 7.02. The molecule has 1 aromatic carbocycles. The second-order valence-electron chi connectivity index (χ2n) is 9.12. The highest BCUT2D eigenvalue weighted by Crippen LogP contribution is 2.28. The molecule has 0 saturated carbocycles.